The molecule has 0 spiro atoms. The van der Waals surface area contributed by atoms with Crippen LogP contribution in [0.5, 0.6) is 0 Å². The molecule has 0 heterocycles. The molecule has 2 rings (SSSR count). The van der Waals surface area contributed by atoms with Crippen LogP contribution in [0.1, 0.15) is 24.8 Å². The molecule has 1 nitrogen and oxygen atoms in total. The number of benzene rings is 1. The van der Waals surface area contributed by atoms with Crippen molar-refractivity contribution < 1.29 is 4.39 Å². The van der Waals surface area contributed by atoms with Crippen molar-refractivity contribution in [3.8, 4) is 0 Å². The van der Waals surface area contributed by atoms with Gasteiger partial charge in [0.2, 0.25) is 0 Å². The van der Waals surface area contributed by atoms with Gasteiger partial charge in [-0.1, -0.05) is 18.2 Å². The van der Waals surface area contributed by atoms with Gasteiger partial charge in [0.25, 0.3) is 0 Å². The van der Waals surface area contributed by atoms with E-state index in [4.69, 9.17) is 0 Å². The van der Waals surface area contributed by atoms with Crippen molar-refractivity contribution in [1.82, 2.24) is 5.32 Å². The highest BCUT2D eigenvalue weighted by molar-refractivity contribution is 7.99. The van der Waals surface area contributed by atoms with Gasteiger partial charge in [-0.3, -0.25) is 0 Å². The maximum absolute atomic E-state index is 13.4. The second kappa shape index (κ2) is 5.69. The van der Waals surface area contributed by atoms with Crippen molar-refractivity contribution in [3.63, 3.8) is 0 Å². The number of nitrogens with one attached hydrogen (secondary N) is 1. The van der Waals surface area contributed by atoms with E-state index in [1.165, 1.54) is 25.3 Å². The molecule has 0 saturated heterocycles. The molecule has 16 heavy (non-hydrogen) atoms. The van der Waals surface area contributed by atoms with Crippen LogP contribution in [0, 0.1) is 5.82 Å². The highest BCUT2D eigenvalue weighted by atomic mass is 32.2. The highest BCUT2D eigenvalue weighted by Gasteiger charge is 2.23. The number of hydrogen-bond acceptors (Lipinski definition) is 2. The lowest BCUT2D eigenvalue weighted by Gasteiger charge is -2.13. The maximum atomic E-state index is 13.4. The molecule has 0 bridgehead atoms. The average Bonchev–Trinajstić information content (AvgIpc) is 2.76. The summed E-state index contributed by atoms with van der Waals surface area (Å²) in [4.78, 5) is 0. The Morgan fingerprint density at radius 1 is 1.38 bits per heavy atom. The first kappa shape index (κ1) is 11.9. The fourth-order valence-corrected chi connectivity index (χ4v) is 3.03. The van der Waals surface area contributed by atoms with Crippen LogP contribution in [-0.2, 0) is 6.54 Å². The first-order chi connectivity index (χ1) is 7.79. The summed E-state index contributed by atoms with van der Waals surface area (Å²) in [5, 5.41) is 4.24. The third-order valence-corrected chi connectivity index (χ3v) is 4.35. The summed E-state index contributed by atoms with van der Waals surface area (Å²) in [7, 11) is 0. The molecule has 1 aliphatic carbocycles. The number of thioether (sulfide) groups is 1. The molecule has 2 unspecified atom stereocenters. The Morgan fingerprint density at radius 2 is 2.19 bits per heavy atom. The second-order valence-electron chi connectivity index (χ2n) is 4.34. The Kier molecular flexibility index (Phi) is 4.24. The molecule has 0 aromatic heterocycles. The summed E-state index contributed by atoms with van der Waals surface area (Å²) < 4.78 is 13.4. The van der Waals surface area contributed by atoms with E-state index in [0.717, 1.165) is 10.8 Å². The summed E-state index contributed by atoms with van der Waals surface area (Å²) in [5.41, 5.74) is 0.773. The largest absolute Gasteiger partial charge is 0.310 e. The lowest BCUT2D eigenvalue weighted by Crippen LogP contribution is -2.26. The van der Waals surface area contributed by atoms with Crippen LogP contribution in [-0.4, -0.2) is 17.5 Å². The summed E-state index contributed by atoms with van der Waals surface area (Å²) in [5.74, 6) is -0.102. The highest BCUT2D eigenvalue weighted by Crippen LogP contribution is 2.28. The molecule has 88 valence electrons. The Hall–Kier alpha value is -0.540. The van der Waals surface area contributed by atoms with E-state index in [1.54, 1.807) is 6.07 Å². The minimum atomic E-state index is -0.102. The van der Waals surface area contributed by atoms with Gasteiger partial charge in [0.15, 0.2) is 0 Å². The molecule has 0 radical (unpaired) electrons. The molecular weight excluding hydrogens is 221 g/mol. The normalized spacial score (nSPS) is 24.9. The zero-order chi connectivity index (χ0) is 11.4. The van der Waals surface area contributed by atoms with Crippen LogP contribution in [0.15, 0.2) is 24.3 Å². The minimum absolute atomic E-state index is 0.102. The average molecular weight is 239 g/mol. The van der Waals surface area contributed by atoms with Gasteiger partial charge in [-0.2, -0.15) is 11.8 Å². The number of rotatable bonds is 4. The fourth-order valence-electron chi connectivity index (χ4n) is 2.24. The Balaban J connectivity index is 1.82. The van der Waals surface area contributed by atoms with E-state index < -0.39 is 0 Å². The van der Waals surface area contributed by atoms with Gasteiger partial charge in [0, 0.05) is 23.4 Å². The molecule has 1 fully saturated rings. The molecule has 3 heteroatoms. The van der Waals surface area contributed by atoms with E-state index in [1.807, 2.05) is 23.9 Å². The first-order valence-electron chi connectivity index (χ1n) is 5.79. The Labute approximate surface area is 101 Å². The van der Waals surface area contributed by atoms with Crippen LogP contribution < -0.4 is 5.32 Å². The maximum Gasteiger partial charge on any atom is 0.127 e. The predicted octanol–water partition coefficient (Wildman–Crippen LogP) is 3.20. The Bertz CT molecular complexity index is 342. The molecule has 1 aromatic carbocycles. The van der Waals surface area contributed by atoms with Crippen LogP contribution >= 0.6 is 11.8 Å². The summed E-state index contributed by atoms with van der Waals surface area (Å²) in [6, 6.07) is 7.56. The molecule has 2 atom stereocenters. The third kappa shape index (κ3) is 2.98. The monoisotopic (exact) mass is 239 g/mol. The molecule has 0 amide bonds. The van der Waals surface area contributed by atoms with Crippen molar-refractivity contribution in [2.75, 3.05) is 6.26 Å². The lowest BCUT2D eigenvalue weighted by molar-refractivity contribution is 0.509. The quantitative estimate of drug-likeness (QED) is 0.866. The topological polar surface area (TPSA) is 12.0 Å². The Morgan fingerprint density at radius 3 is 2.88 bits per heavy atom. The smallest absolute Gasteiger partial charge is 0.127 e. The second-order valence-corrected chi connectivity index (χ2v) is 5.48. The van der Waals surface area contributed by atoms with Gasteiger partial charge in [0.05, 0.1) is 0 Å². The van der Waals surface area contributed by atoms with Crippen LogP contribution in [0.4, 0.5) is 4.39 Å². The minimum Gasteiger partial charge on any atom is -0.310 e. The van der Waals surface area contributed by atoms with Crippen LogP contribution in [0.25, 0.3) is 0 Å². The predicted molar refractivity (Wildman–Crippen MR) is 68.2 cm³/mol. The van der Waals surface area contributed by atoms with Crippen molar-refractivity contribution in [2.45, 2.75) is 37.1 Å². The molecule has 1 saturated carbocycles. The fraction of sp³-hybridized carbons (Fsp3) is 0.538. The van der Waals surface area contributed by atoms with Crippen molar-refractivity contribution in [3.05, 3.63) is 35.6 Å². The molecule has 1 N–H and O–H groups in total. The number of hydrogen-bond donors (Lipinski definition) is 1. The zero-order valence-corrected chi connectivity index (χ0v) is 10.4. The van der Waals surface area contributed by atoms with Crippen molar-refractivity contribution in [1.29, 1.82) is 0 Å². The van der Waals surface area contributed by atoms with Crippen molar-refractivity contribution in [2.24, 2.45) is 0 Å². The molecule has 0 aliphatic heterocycles. The van der Waals surface area contributed by atoms with Crippen LogP contribution in [0.2, 0.25) is 0 Å². The lowest BCUT2D eigenvalue weighted by atomic mass is 10.2. The van der Waals surface area contributed by atoms with E-state index in [0.29, 0.717) is 12.6 Å². The molecule has 1 aromatic rings. The zero-order valence-electron chi connectivity index (χ0n) is 9.58. The van der Waals surface area contributed by atoms with Gasteiger partial charge in [-0.05, 0) is 31.6 Å². The standard InChI is InChI=1S/C13H18FNS/c1-16-12-7-6-11(8-12)15-9-10-4-2-3-5-13(10)14/h2-5,11-12,15H,6-9H2,1H3. The van der Waals surface area contributed by atoms with Crippen molar-refractivity contribution >= 4 is 11.8 Å². The van der Waals surface area contributed by atoms with Gasteiger partial charge < -0.3 is 5.32 Å². The van der Waals surface area contributed by atoms with Gasteiger partial charge >= 0.3 is 0 Å². The van der Waals surface area contributed by atoms with E-state index in [-0.39, 0.29) is 5.82 Å². The first-order valence-corrected chi connectivity index (χ1v) is 7.08. The van der Waals surface area contributed by atoms with Gasteiger partial charge in [0.1, 0.15) is 5.82 Å². The van der Waals surface area contributed by atoms with E-state index in [2.05, 4.69) is 11.6 Å². The summed E-state index contributed by atoms with van der Waals surface area (Å²) >= 11 is 1.95. The van der Waals surface area contributed by atoms with Crippen LogP contribution in [0.3, 0.4) is 0 Å². The van der Waals surface area contributed by atoms with E-state index in [9.17, 15) is 4.39 Å². The molecule has 1 aliphatic rings. The third-order valence-electron chi connectivity index (χ3n) is 3.26. The summed E-state index contributed by atoms with van der Waals surface area (Å²) in [6.07, 6.45) is 5.90. The summed E-state index contributed by atoms with van der Waals surface area (Å²) in [6.45, 7) is 0.651. The molecular formula is C13H18FNS. The van der Waals surface area contributed by atoms with Gasteiger partial charge in [-0.15, -0.1) is 0 Å². The van der Waals surface area contributed by atoms with E-state index >= 15 is 0 Å². The number of halogens is 1. The SMILES string of the molecule is CSC1CCC(NCc2ccccc2F)C1. The van der Waals surface area contributed by atoms with Gasteiger partial charge in [-0.25, -0.2) is 4.39 Å².